The van der Waals surface area contributed by atoms with Gasteiger partial charge in [-0.05, 0) is 22.3 Å². The van der Waals surface area contributed by atoms with E-state index in [4.69, 9.17) is 42.1 Å². The molecule has 4 unspecified atom stereocenters. The number of benzene rings is 4. The molecule has 1 aliphatic rings. The van der Waals surface area contributed by atoms with Gasteiger partial charge in [-0.2, -0.15) is 0 Å². The molecule has 0 amide bonds. The van der Waals surface area contributed by atoms with E-state index in [-0.39, 0.29) is 33.0 Å². The summed E-state index contributed by atoms with van der Waals surface area (Å²) in [6.45, 7) is 0.273. The van der Waals surface area contributed by atoms with Gasteiger partial charge in [-0.15, -0.1) is 0 Å². The molecular weight excluding hydrogens is 587 g/mol. The summed E-state index contributed by atoms with van der Waals surface area (Å²) in [5.74, 6) is -0.843. The molecule has 0 radical (unpaired) electrons. The largest absolute Gasteiger partial charge is 0.382 e. The predicted octanol–water partition coefficient (Wildman–Crippen LogP) is 6.45. The Bertz CT molecular complexity index is 1420. The van der Waals surface area contributed by atoms with Crippen LogP contribution < -0.4 is 0 Å². The fraction of sp³-hybridized carbons (Fsp3) is 0.286. The summed E-state index contributed by atoms with van der Waals surface area (Å²) in [5, 5.41) is 11.3. The first-order valence-corrected chi connectivity index (χ1v) is 14.9. The second kappa shape index (κ2) is 14.6. The molecular formula is C35H34Cl2O6. The van der Waals surface area contributed by atoms with Gasteiger partial charge in [0.2, 0.25) is 10.1 Å². The Hall–Kier alpha value is -3.07. The Labute approximate surface area is 262 Å². The van der Waals surface area contributed by atoms with Crippen LogP contribution in [0, 0.1) is 0 Å². The van der Waals surface area contributed by atoms with E-state index in [1.165, 1.54) is 0 Å². The van der Waals surface area contributed by atoms with Gasteiger partial charge in [0.1, 0.15) is 18.3 Å². The van der Waals surface area contributed by atoms with Crippen molar-refractivity contribution in [1.29, 1.82) is 0 Å². The van der Waals surface area contributed by atoms with Crippen LogP contribution in [0.4, 0.5) is 0 Å². The third-order valence-corrected chi connectivity index (χ3v) is 8.52. The van der Waals surface area contributed by atoms with Gasteiger partial charge < -0.3 is 24.1 Å². The first-order valence-electron chi connectivity index (χ1n) is 14.1. The minimum absolute atomic E-state index is 0.0523. The van der Waals surface area contributed by atoms with Gasteiger partial charge in [-0.1, -0.05) is 145 Å². The minimum atomic E-state index is -2.24. The second-order valence-corrected chi connectivity index (χ2v) is 11.8. The van der Waals surface area contributed by atoms with Crippen LogP contribution in [-0.4, -0.2) is 45.7 Å². The molecule has 4 aromatic rings. The van der Waals surface area contributed by atoms with E-state index in [1.807, 2.05) is 121 Å². The summed E-state index contributed by atoms with van der Waals surface area (Å²) in [4.78, 5) is 13.8. The Kier molecular flexibility index (Phi) is 10.6. The molecule has 0 spiro atoms. The Balaban J connectivity index is 1.53. The van der Waals surface area contributed by atoms with E-state index >= 15 is 0 Å². The molecule has 43 heavy (non-hydrogen) atoms. The van der Waals surface area contributed by atoms with Gasteiger partial charge in [0.25, 0.3) is 0 Å². The van der Waals surface area contributed by atoms with Crippen molar-refractivity contribution in [1.82, 2.24) is 0 Å². The van der Waals surface area contributed by atoms with E-state index in [1.54, 1.807) is 0 Å². The molecule has 0 bridgehead atoms. The first-order chi connectivity index (χ1) is 20.9. The van der Waals surface area contributed by atoms with Crippen LogP contribution in [0.3, 0.4) is 0 Å². The Morgan fingerprint density at radius 2 is 1.02 bits per heavy atom. The molecule has 1 saturated carbocycles. The van der Waals surface area contributed by atoms with E-state index < -0.39 is 34.0 Å². The number of ether oxygens (including phenoxy) is 4. The van der Waals surface area contributed by atoms with E-state index in [0.717, 1.165) is 22.3 Å². The van der Waals surface area contributed by atoms with Crippen molar-refractivity contribution in [3.63, 3.8) is 0 Å². The fourth-order valence-corrected chi connectivity index (χ4v) is 5.81. The molecule has 8 heteroatoms. The number of Topliss-reactive ketones (excluding diaryl/α,β-unsaturated/α-hetero) is 1. The van der Waals surface area contributed by atoms with Crippen LogP contribution in [0.2, 0.25) is 0 Å². The minimum Gasteiger partial charge on any atom is -0.382 e. The highest BCUT2D eigenvalue weighted by atomic mass is 35.5. The van der Waals surface area contributed by atoms with Gasteiger partial charge in [0, 0.05) is 0 Å². The molecule has 4 atom stereocenters. The lowest BCUT2D eigenvalue weighted by Gasteiger charge is -2.53. The average Bonchev–Trinajstić information content (AvgIpc) is 3.05. The zero-order chi connectivity index (χ0) is 30.1. The molecule has 0 heterocycles. The Morgan fingerprint density at radius 1 is 0.605 bits per heavy atom. The lowest BCUT2D eigenvalue weighted by molar-refractivity contribution is -0.254. The molecule has 1 fully saturated rings. The number of aliphatic hydroxyl groups is 1. The predicted molar refractivity (Wildman–Crippen MR) is 166 cm³/mol. The number of ketones is 1. The van der Waals surface area contributed by atoms with Gasteiger partial charge in [-0.3, -0.25) is 4.79 Å². The maximum Gasteiger partial charge on any atom is 0.212 e. The standard InChI is InChI=1S/C35H34Cl2O6/c36-35(37)32(39)30(38)31(41-22-27-15-7-2-8-16-27)33(42-23-28-17-9-3-10-18-28)34(35,43-24-29-19-11-4-12-20-29)25-40-21-26-13-5-1-6-14-26/h1-20,30-31,33,38H,21-25H2. The number of alkyl halides is 2. The summed E-state index contributed by atoms with van der Waals surface area (Å²) < 4.78 is 23.3. The third-order valence-electron chi connectivity index (χ3n) is 7.50. The second-order valence-electron chi connectivity index (χ2n) is 10.5. The van der Waals surface area contributed by atoms with Crippen LogP contribution in [0.15, 0.2) is 121 Å². The lowest BCUT2D eigenvalue weighted by Crippen LogP contribution is -2.75. The van der Waals surface area contributed by atoms with Gasteiger partial charge in [-0.25, -0.2) is 0 Å². The van der Waals surface area contributed by atoms with Crippen molar-refractivity contribution in [3.05, 3.63) is 144 Å². The summed E-state index contributed by atoms with van der Waals surface area (Å²) >= 11 is 13.9. The first kappa shape index (κ1) is 31.4. The molecule has 1 aliphatic carbocycles. The number of rotatable bonds is 13. The average molecular weight is 622 g/mol. The van der Waals surface area contributed by atoms with Gasteiger partial charge in [0.05, 0.1) is 33.0 Å². The fourth-order valence-electron chi connectivity index (χ4n) is 5.16. The van der Waals surface area contributed by atoms with Crippen molar-refractivity contribution in [2.45, 2.75) is 54.7 Å². The van der Waals surface area contributed by atoms with Crippen LogP contribution in [0.25, 0.3) is 0 Å². The maximum atomic E-state index is 13.8. The monoisotopic (exact) mass is 620 g/mol. The normalized spacial score (nSPS) is 23.2. The van der Waals surface area contributed by atoms with Crippen molar-refractivity contribution in [2.24, 2.45) is 0 Å². The quantitative estimate of drug-likeness (QED) is 0.173. The number of carbonyl (C=O) groups excluding carboxylic acids is 1. The Morgan fingerprint density at radius 3 is 1.51 bits per heavy atom. The van der Waals surface area contributed by atoms with Crippen molar-refractivity contribution in [2.75, 3.05) is 6.61 Å². The molecule has 5 rings (SSSR count). The topological polar surface area (TPSA) is 74.2 Å². The molecule has 224 valence electrons. The summed E-state index contributed by atoms with van der Waals surface area (Å²) in [6.07, 6.45) is -3.96. The highest BCUT2D eigenvalue weighted by Gasteiger charge is 2.69. The number of carbonyl (C=O) groups is 1. The van der Waals surface area contributed by atoms with Crippen molar-refractivity contribution in [3.8, 4) is 0 Å². The molecule has 4 aromatic carbocycles. The molecule has 6 nitrogen and oxygen atoms in total. The summed E-state index contributed by atoms with van der Waals surface area (Å²) in [7, 11) is 0. The van der Waals surface area contributed by atoms with Crippen molar-refractivity contribution < 1.29 is 28.8 Å². The highest BCUT2D eigenvalue weighted by molar-refractivity contribution is 6.60. The number of aliphatic hydroxyl groups excluding tert-OH is 1. The lowest BCUT2D eigenvalue weighted by atomic mass is 9.76. The third kappa shape index (κ3) is 7.36. The van der Waals surface area contributed by atoms with Crippen LogP contribution in [-0.2, 0) is 50.2 Å². The highest BCUT2D eigenvalue weighted by Crippen LogP contribution is 2.49. The van der Waals surface area contributed by atoms with Crippen LogP contribution in [0.1, 0.15) is 22.3 Å². The van der Waals surface area contributed by atoms with E-state index in [2.05, 4.69) is 0 Å². The molecule has 0 saturated heterocycles. The molecule has 0 aromatic heterocycles. The SMILES string of the molecule is O=C1C(O)C(OCc2ccccc2)C(OCc2ccccc2)C(COCc2ccccc2)(OCc2ccccc2)C1(Cl)Cl. The summed E-state index contributed by atoms with van der Waals surface area (Å²) in [6, 6.07) is 38.0. The smallest absolute Gasteiger partial charge is 0.212 e. The van der Waals surface area contributed by atoms with E-state index in [9.17, 15) is 9.90 Å². The van der Waals surface area contributed by atoms with Crippen molar-refractivity contribution >= 4 is 29.0 Å². The van der Waals surface area contributed by atoms with Crippen LogP contribution in [0.5, 0.6) is 0 Å². The summed E-state index contributed by atoms with van der Waals surface area (Å²) in [5.41, 5.74) is 1.70. The van der Waals surface area contributed by atoms with Crippen LogP contribution >= 0.6 is 23.2 Å². The van der Waals surface area contributed by atoms with Gasteiger partial charge >= 0.3 is 0 Å². The zero-order valence-corrected chi connectivity index (χ0v) is 25.1. The molecule has 1 N–H and O–H groups in total. The number of halogens is 2. The zero-order valence-electron chi connectivity index (χ0n) is 23.6. The van der Waals surface area contributed by atoms with Gasteiger partial charge in [0.15, 0.2) is 5.60 Å². The maximum absolute atomic E-state index is 13.8. The van der Waals surface area contributed by atoms with E-state index in [0.29, 0.717) is 0 Å². The molecule has 0 aliphatic heterocycles. The number of hydrogen-bond acceptors (Lipinski definition) is 6. The number of hydrogen-bond donors (Lipinski definition) is 1.